The molecule has 2 fully saturated rings. The van der Waals surface area contributed by atoms with E-state index >= 15 is 0 Å². The van der Waals surface area contributed by atoms with E-state index in [4.69, 9.17) is 11.6 Å². The van der Waals surface area contributed by atoms with Crippen LogP contribution >= 0.6 is 11.6 Å². The second-order valence-corrected chi connectivity index (χ2v) is 6.16. The van der Waals surface area contributed by atoms with Gasteiger partial charge in [-0.15, -0.1) is 0 Å². The van der Waals surface area contributed by atoms with Gasteiger partial charge >= 0.3 is 6.03 Å². The van der Waals surface area contributed by atoms with Crippen molar-refractivity contribution in [3.05, 3.63) is 23.2 Å². The summed E-state index contributed by atoms with van der Waals surface area (Å²) < 4.78 is 13.3. The molecule has 1 aliphatic carbocycles. The first kappa shape index (κ1) is 13.6. The zero-order valence-electron chi connectivity index (χ0n) is 11.2. The molecule has 20 heavy (non-hydrogen) atoms. The molecule has 0 radical (unpaired) electrons. The fraction of sp³-hybridized carbons (Fsp3) is 0.571. The number of nitrogens with one attached hydrogen (secondary N) is 1. The molecule has 0 unspecified atom stereocenters. The number of hydrogen-bond donors (Lipinski definition) is 1. The first-order valence-corrected chi connectivity index (χ1v) is 7.33. The number of hydrogen-bond acceptors (Lipinski definition) is 2. The molecule has 108 valence electrons. The van der Waals surface area contributed by atoms with Crippen LogP contribution in [0.4, 0.5) is 14.9 Å². The zero-order valence-corrected chi connectivity index (χ0v) is 11.9. The molecule has 2 aliphatic rings. The van der Waals surface area contributed by atoms with Crippen molar-refractivity contribution in [2.24, 2.45) is 5.41 Å². The van der Waals surface area contributed by atoms with E-state index in [0.29, 0.717) is 11.1 Å². The minimum absolute atomic E-state index is 0.183. The lowest BCUT2D eigenvalue weighted by Crippen LogP contribution is -2.34. The van der Waals surface area contributed by atoms with Crippen LogP contribution in [0, 0.1) is 11.2 Å². The van der Waals surface area contributed by atoms with E-state index in [0.717, 1.165) is 19.5 Å². The van der Waals surface area contributed by atoms with Crippen LogP contribution in [0.1, 0.15) is 32.1 Å². The minimum Gasteiger partial charge on any atom is -0.324 e. The average Bonchev–Trinajstić information content (AvgIpc) is 3.05. The van der Waals surface area contributed by atoms with Crippen molar-refractivity contribution in [3.63, 3.8) is 0 Å². The lowest BCUT2D eigenvalue weighted by Gasteiger charge is -2.23. The summed E-state index contributed by atoms with van der Waals surface area (Å²) in [6.07, 6.45) is 7.41. The van der Waals surface area contributed by atoms with Crippen LogP contribution in [-0.4, -0.2) is 29.0 Å². The molecule has 1 aromatic heterocycles. The topological polar surface area (TPSA) is 45.2 Å². The number of pyridine rings is 1. The standard InChI is InChI=1S/C14H17ClFN3O/c15-12-11(16)7-10(8-17-12)18-13(20)19-6-5-14(9-19)3-1-2-4-14/h7-8H,1-6,9H2,(H,18,20). The number of amides is 2. The van der Waals surface area contributed by atoms with E-state index in [-0.39, 0.29) is 11.2 Å². The molecule has 1 saturated heterocycles. The second-order valence-electron chi connectivity index (χ2n) is 5.81. The highest BCUT2D eigenvalue weighted by molar-refractivity contribution is 6.29. The van der Waals surface area contributed by atoms with Gasteiger partial charge in [-0.2, -0.15) is 0 Å². The van der Waals surface area contributed by atoms with Crippen LogP contribution in [-0.2, 0) is 0 Å². The molecule has 1 aromatic rings. The second kappa shape index (κ2) is 5.20. The highest BCUT2D eigenvalue weighted by Gasteiger charge is 2.41. The fourth-order valence-electron chi connectivity index (χ4n) is 3.33. The first-order chi connectivity index (χ1) is 9.58. The third kappa shape index (κ3) is 2.59. The van der Waals surface area contributed by atoms with Crippen molar-refractivity contribution in [2.75, 3.05) is 18.4 Å². The van der Waals surface area contributed by atoms with Gasteiger partial charge in [0.1, 0.15) is 0 Å². The minimum atomic E-state index is -0.627. The van der Waals surface area contributed by atoms with Crippen LogP contribution in [0.15, 0.2) is 12.3 Å². The zero-order chi connectivity index (χ0) is 14.2. The summed E-state index contributed by atoms with van der Waals surface area (Å²) >= 11 is 5.52. The summed E-state index contributed by atoms with van der Waals surface area (Å²) in [7, 11) is 0. The molecule has 3 rings (SSSR count). The molecule has 0 atom stereocenters. The van der Waals surface area contributed by atoms with Crippen molar-refractivity contribution in [1.82, 2.24) is 9.88 Å². The third-order valence-electron chi connectivity index (χ3n) is 4.44. The first-order valence-electron chi connectivity index (χ1n) is 6.95. The Bertz CT molecular complexity index is 531. The summed E-state index contributed by atoms with van der Waals surface area (Å²) in [5.41, 5.74) is 0.671. The highest BCUT2D eigenvalue weighted by atomic mass is 35.5. The van der Waals surface area contributed by atoms with Crippen LogP contribution in [0.25, 0.3) is 0 Å². The Balaban J connectivity index is 1.63. The van der Waals surface area contributed by atoms with Crippen LogP contribution in [0.2, 0.25) is 5.15 Å². The number of anilines is 1. The quantitative estimate of drug-likeness (QED) is 0.804. The molecule has 2 amide bonds. The number of halogens is 2. The maximum Gasteiger partial charge on any atom is 0.321 e. The van der Waals surface area contributed by atoms with Crippen molar-refractivity contribution in [3.8, 4) is 0 Å². The van der Waals surface area contributed by atoms with E-state index in [1.54, 1.807) is 0 Å². The number of aromatic nitrogens is 1. The molecular weight excluding hydrogens is 281 g/mol. The monoisotopic (exact) mass is 297 g/mol. The molecule has 2 heterocycles. The molecule has 0 aromatic carbocycles. The van der Waals surface area contributed by atoms with Crippen LogP contribution < -0.4 is 5.32 Å². The van der Waals surface area contributed by atoms with Gasteiger partial charge in [-0.3, -0.25) is 0 Å². The molecule has 4 nitrogen and oxygen atoms in total. The van der Waals surface area contributed by atoms with Gasteiger partial charge in [0.25, 0.3) is 0 Å². The van der Waals surface area contributed by atoms with Gasteiger partial charge in [0.05, 0.1) is 11.9 Å². The number of rotatable bonds is 1. The number of carbonyl (C=O) groups is 1. The normalized spacial score (nSPS) is 20.6. The van der Waals surface area contributed by atoms with Crippen molar-refractivity contribution >= 4 is 23.3 Å². The Labute approximate surface area is 122 Å². The van der Waals surface area contributed by atoms with Crippen LogP contribution in [0.5, 0.6) is 0 Å². The summed E-state index contributed by atoms with van der Waals surface area (Å²) in [5, 5.41) is 2.50. The van der Waals surface area contributed by atoms with Gasteiger partial charge < -0.3 is 10.2 Å². The lowest BCUT2D eigenvalue weighted by molar-refractivity contribution is 0.213. The van der Waals surface area contributed by atoms with Gasteiger partial charge in [-0.1, -0.05) is 24.4 Å². The molecule has 0 bridgehead atoms. The predicted molar refractivity (Wildman–Crippen MR) is 75.3 cm³/mol. The Morgan fingerprint density at radius 3 is 2.85 bits per heavy atom. The SMILES string of the molecule is O=C(Nc1cnc(Cl)c(F)c1)N1CCC2(CCCC2)C1. The lowest BCUT2D eigenvalue weighted by atomic mass is 9.86. The summed E-state index contributed by atoms with van der Waals surface area (Å²) in [6, 6.07) is 1.01. The number of nitrogens with zero attached hydrogens (tertiary/aromatic N) is 2. The van der Waals surface area contributed by atoms with Crippen LogP contribution in [0.3, 0.4) is 0 Å². The molecule has 1 N–H and O–H groups in total. The Morgan fingerprint density at radius 1 is 1.40 bits per heavy atom. The maximum absolute atomic E-state index is 13.3. The Morgan fingerprint density at radius 2 is 2.15 bits per heavy atom. The predicted octanol–water partition coefficient (Wildman–Crippen LogP) is 3.67. The van der Waals surface area contributed by atoms with Gasteiger partial charge in [0.2, 0.25) is 0 Å². The fourth-order valence-corrected chi connectivity index (χ4v) is 3.44. The maximum atomic E-state index is 13.3. The van der Waals surface area contributed by atoms with Gasteiger partial charge in [-0.25, -0.2) is 14.2 Å². The van der Waals surface area contributed by atoms with Gasteiger partial charge in [0, 0.05) is 19.2 Å². The van der Waals surface area contributed by atoms with E-state index < -0.39 is 5.82 Å². The molecule has 1 saturated carbocycles. The Hall–Kier alpha value is -1.36. The Kier molecular flexibility index (Phi) is 3.54. The third-order valence-corrected chi connectivity index (χ3v) is 4.72. The van der Waals surface area contributed by atoms with E-state index in [1.807, 2.05) is 4.90 Å². The molecule has 6 heteroatoms. The largest absolute Gasteiger partial charge is 0.324 e. The molecular formula is C14H17ClFN3O. The smallest absolute Gasteiger partial charge is 0.321 e. The summed E-state index contributed by atoms with van der Waals surface area (Å²) in [5.74, 6) is -0.627. The van der Waals surface area contributed by atoms with Crippen molar-refractivity contribution in [2.45, 2.75) is 32.1 Å². The number of urea groups is 1. The molecule has 1 aliphatic heterocycles. The summed E-state index contributed by atoms with van der Waals surface area (Å²) in [6.45, 7) is 1.58. The van der Waals surface area contributed by atoms with E-state index in [1.165, 1.54) is 37.9 Å². The van der Waals surface area contributed by atoms with Crippen molar-refractivity contribution in [1.29, 1.82) is 0 Å². The highest BCUT2D eigenvalue weighted by Crippen LogP contribution is 2.45. The van der Waals surface area contributed by atoms with Gasteiger partial charge in [-0.05, 0) is 24.7 Å². The van der Waals surface area contributed by atoms with Crippen molar-refractivity contribution < 1.29 is 9.18 Å². The summed E-state index contributed by atoms with van der Waals surface area (Å²) in [4.78, 5) is 17.7. The van der Waals surface area contributed by atoms with Gasteiger partial charge in [0.15, 0.2) is 11.0 Å². The number of carbonyl (C=O) groups excluding carboxylic acids is 1. The van der Waals surface area contributed by atoms with E-state index in [9.17, 15) is 9.18 Å². The molecule has 1 spiro atoms. The number of likely N-dealkylation sites (tertiary alicyclic amines) is 1. The average molecular weight is 298 g/mol. The van der Waals surface area contributed by atoms with E-state index in [2.05, 4.69) is 10.3 Å².